The lowest BCUT2D eigenvalue weighted by Crippen LogP contribution is -2.06. The van der Waals surface area contributed by atoms with Gasteiger partial charge in [0.25, 0.3) is 0 Å². The summed E-state index contributed by atoms with van der Waals surface area (Å²) >= 11 is 6.18. The zero-order valence-corrected chi connectivity index (χ0v) is 13.8. The summed E-state index contributed by atoms with van der Waals surface area (Å²) in [5.41, 5.74) is 2.87. The van der Waals surface area contributed by atoms with Gasteiger partial charge in [0.15, 0.2) is 0 Å². The third kappa shape index (κ3) is 3.45. The minimum absolute atomic E-state index is 0.569. The molecule has 1 aromatic carbocycles. The van der Waals surface area contributed by atoms with Crippen LogP contribution in [0.15, 0.2) is 12.1 Å². The average Bonchev–Trinajstić information content (AvgIpc) is 2.41. The van der Waals surface area contributed by atoms with E-state index < -0.39 is 0 Å². The molecular weight excluding hydrogens is 286 g/mol. The van der Waals surface area contributed by atoms with Crippen molar-refractivity contribution < 1.29 is 4.74 Å². The van der Waals surface area contributed by atoms with Crippen molar-refractivity contribution in [1.29, 1.82) is 0 Å². The second-order valence-electron chi connectivity index (χ2n) is 5.05. The molecule has 4 nitrogen and oxygen atoms in total. The lowest BCUT2D eigenvalue weighted by Gasteiger charge is -2.14. The molecule has 0 saturated heterocycles. The van der Waals surface area contributed by atoms with Gasteiger partial charge in [0.05, 0.1) is 5.56 Å². The second-order valence-corrected chi connectivity index (χ2v) is 5.43. The Kier molecular flexibility index (Phi) is 4.68. The highest BCUT2D eigenvalue weighted by Gasteiger charge is 2.12. The molecule has 0 aliphatic carbocycles. The number of halogens is 1. The highest BCUT2D eigenvalue weighted by atomic mass is 35.5. The summed E-state index contributed by atoms with van der Waals surface area (Å²) in [6.07, 6.45) is 0. The van der Waals surface area contributed by atoms with E-state index in [1.54, 1.807) is 0 Å². The molecule has 0 fully saturated rings. The SMILES string of the molecule is CCNc1nc(C)nc(Oc2cc(C)c(Cl)c(C)c2)c1C. The van der Waals surface area contributed by atoms with E-state index in [1.165, 1.54) is 0 Å². The number of rotatable bonds is 4. The Morgan fingerprint density at radius 2 is 1.71 bits per heavy atom. The van der Waals surface area contributed by atoms with Crippen molar-refractivity contribution in [3.63, 3.8) is 0 Å². The van der Waals surface area contributed by atoms with Crippen molar-refractivity contribution in [2.45, 2.75) is 34.6 Å². The highest BCUT2D eigenvalue weighted by molar-refractivity contribution is 6.32. The van der Waals surface area contributed by atoms with Gasteiger partial charge in [-0.1, -0.05) is 11.6 Å². The zero-order chi connectivity index (χ0) is 15.6. The van der Waals surface area contributed by atoms with Gasteiger partial charge in [-0.05, 0) is 57.9 Å². The molecular formula is C16H20ClN3O. The van der Waals surface area contributed by atoms with Gasteiger partial charge in [0.2, 0.25) is 5.88 Å². The fourth-order valence-corrected chi connectivity index (χ4v) is 2.23. The number of nitrogens with one attached hydrogen (secondary N) is 1. The molecule has 21 heavy (non-hydrogen) atoms. The van der Waals surface area contributed by atoms with Gasteiger partial charge in [0.1, 0.15) is 17.4 Å². The van der Waals surface area contributed by atoms with E-state index in [0.717, 1.165) is 39.8 Å². The molecule has 1 aromatic heterocycles. The van der Waals surface area contributed by atoms with Crippen LogP contribution in [0, 0.1) is 27.7 Å². The predicted octanol–water partition coefficient (Wildman–Crippen LogP) is 4.59. The number of benzene rings is 1. The number of aromatic nitrogens is 2. The highest BCUT2D eigenvalue weighted by Crippen LogP contribution is 2.31. The van der Waals surface area contributed by atoms with E-state index in [-0.39, 0.29) is 0 Å². The van der Waals surface area contributed by atoms with Gasteiger partial charge in [-0.15, -0.1) is 0 Å². The minimum atomic E-state index is 0.569. The van der Waals surface area contributed by atoms with Crippen molar-refractivity contribution in [2.24, 2.45) is 0 Å². The van der Waals surface area contributed by atoms with Gasteiger partial charge in [-0.3, -0.25) is 0 Å². The molecule has 0 bridgehead atoms. The van der Waals surface area contributed by atoms with Gasteiger partial charge < -0.3 is 10.1 Å². The number of aryl methyl sites for hydroxylation is 3. The number of nitrogens with zero attached hydrogens (tertiary/aromatic N) is 2. The Bertz CT molecular complexity index is 648. The molecule has 0 saturated carbocycles. The third-order valence-corrected chi connectivity index (χ3v) is 3.78. The Morgan fingerprint density at radius 1 is 1.10 bits per heavy atom. The predicted molar refractivity (Wildman–Crippen MR) is 86.7 cm³/mol. The summed E-state index contributed by atoms with van der Waals surface area (Å²) < 4.78 is 5.94. The maximum Gasteiger partial charge on any atom is 0.227 e. The van der Waals surface area contributed by atoms with Crippen LogP contribution in [0.2, 0.25) is 5.02 Å². The van der Waals surface area contributed by atoms with Crippen molar-refractivity contribution >= 4 is 17.4 Å². The third-order valence-electron chi connectivity index (χ3n) is 3.18. The number of ether oxygens (including phenoxy) is 1. The summed E-state index contributed by atoms with van der Waals surface area (Å²) in [6, 6.07) is 3.83. The van der Waals surface area contributed by atoms with Crippen LogP contribution in [-0.2, 0) is 0 Å². The van der Waals surface area contributed by atoms with Crippen molar-refractivity contribution in [3.05, 3.63) is 39.7 Å². The summed E-state index contributed by atoms with van der Waals surface area (Å²) in [4.78, 5) is 8.78. The van der Waals surface area contributed by atoms with Gasteiger partial charge in [0, 0.05) is 11.6 Å². The van der Waals surface area contributed by atoms with E-state index >= 15 is 0 Å². The van der Waals surface area contributed by atoms with E-state index in [4.69, 9.17) is 16.3 Å². The van der Waals surface area contributed by atoms with Crippen LogP contribution in [0.5, 0.6) is 11.6 Å². The number of anilines is 1. The molecule has 2 aromatic rings. The van der Waals surface area contributed by atoms with Crippen LogP contribution in [-0.4, -0.2) is 16.5 Å². The first-order chi connectivity index (χ1) is 9.92. The zero-order valence-electron chi connectivity index (χ0n) is 13.0. The minimum Gasteiger partial charge on any atom is -0.439 e. The monoisotopic (exact) mass is 305 g/mol. The topological polar surface area (TPSA) is 47.0 Å². The van der Waals surface area contributed by atoms with Crippen molar-refractivity contribution in [2.75, 3.05) is 11.9 Å². The summed E-state index contributed by atoms with van der Waals surface area (Å²) in [5.74, 6) is 2.79. The molecule has 5 heteroatoms. The quantitative estimate of drug-likeness (QED) is 0.897. The molecule has 2 rings (SSSR count). The molecule has 0 unspecified atom stereocenters. The Labute approximate surface area is 130 Å². The maximum absolute atomic E-state index is 6.18. The van der Waals surface area contributed by atoms with E-state index in [0.29, 0.717) is 11.7 Å². The Hall–Kier alpha value is -1.81. The summed E-state index contributed by atoms with van der Waals surface area (Å²) in [6.45, 7) is 10.6. The number of hydrogen-bond donors (Lipinski definition) is 1. The van der Waals surface area contributed by atoms with Crippen molar-refractivity contribution in [1.82, 2.24) is 9.97 Å². The normalized spacial score (nSPS) is 10.6. The number of hydrogen-bond acceptors (Lipinski definition) is 4. The van der Waals surface area contributed by atoms with Crippen LogP contribution in [0.4, 0.5) is 5.82 Å². The van der Waals surface area contributed by atoms with Gasteiger partial charge >= 0.3 is 0 Å². The van der Waals surface area contributed by atoms with Crippen LogP contribution in [0.3, 0.4) is 0 Å². The first-order valence-electron chi connectivity index (χ1n) is 6.96. The molecule has 0 aliphatic heterocycles. The van der Waals surface area contributed by atoms with E-state index in [9.17, 15) is 0 Å². The van der Waals surface area contributed by atoms with Crippen LogP contribution in [0.25, 0.3) is 0 Å². The van der Waals surface area contributed by atoms with E-state index in [2.05, 4.69) is 15.3 Å². The van der Waals surface area contributed by atoms with E-state index in [1.807, 2.05) is 46.8 Å². The lowest BCUT2D eigenvalue weighted by atomic mass is 10.1. The smallest absolute Gasteiger partial charge is 0.227 e. The average molecular weight is 306 g/mol. The largest absolute Gasteiger partial charge is 0.439 e. The molecule has 0 amide bonds. The molecule has 0 aliphatic rings. The molecule has 0 atom stereocenters. The maximum atomic E-state index is 6.18. The van der Waals surface area contributed by atoms with Crippen molar-refractivity contribution in [3.8, 4) is 11.6 Å². The van der Waals surface area contributed by atoms with Gasteiger partial charge in [-0.25, -0.2) is 4.98 Å². The second kappa shape index (κ2) is 6.31. The molecule has 1 N–H and O–H groups in total. The summed E-state index contributed by atoms with van der Waals surface area (Å²) in [5, 5.41) is 3.99. The molecule has 0 spiro atoms. The standard InChI is InChI=1S/C16H20ClN3O/c1-6-18-15-11(4)16(20-12(5)19-15)21-13-7-9(2)14(17)10(3)8-13/h7-8H,6H2,1-5H3,(H,18,19,20). The fraction of sp³-hybridized carbons (Fsp3) is 0.375. The fourth-order valence-electron chi connectivity index (χ4n) is 2.12. The Morgan fingerprint density at radius 3 is 2.29 bits per heavy atom. The molecule has 0 radical (unpaired) electrons. The van der Waals surface area contributed by atoms with Crippen LogP contribution >= 0.6 is 11.6 Å². The first-order valence-corrected chi connectivity index (χ1v) is 7.33. The molecule has 112 valence electrons. The van der Waals surface area contributed by atoms with Crippen LogP contribution < -0.4 is 10.1 Å². The van der Waals surface area contributed by atoms with Crippen LogP contribution in [0.1, 0.15) is 29.4 Å². The first kappa shape index (κ1) is 15.6. The lowest BCUT2D eigenvalue weighted by molar-refractivity contribution is 0.455. The Balaban J connectivity index is 2.39. The summed E-state index contributed by atoms with van der Waals surface area (Å²) in [7, 11) is 0. The van der Waals surface area contributed by atoms with Gasteiger partial charge in [-0.2, -0.15) is 4.98 Å². The molecule has 1 heterocycles.